The summed E-state index contributed by atoms with van der Waals surface area (Å²) in [6, 6.07) is 0. The Bertz CT molecular complexity index is 290. The van der Waals surface area contributed by atoms with Crippen LogP contribution in [0, 0.1) is 0 Å². The molecule has 0 bridgehead atoms. The predicted octanol–water partition coefficient (Wildman–Crippen LogP) is 7.97. The van der Waals surface area contributed by atoms with E-state index in [2.05, 4.69) is 0 Å². The maximum absolute atomic E-state index is 10.8. The minimum Gasteiger partial charge on any atom is -0.300 e. The Morgan fingerprint density at radius 2 is 0.500 bits per heavy atom. The molecule has 0 spiro atoms. The van der Waals surface area contributed by atoms with Crippen LogP contribution in [0.3, 0.4) is 0 Å². The lowest BCUT2D eigenvalue weighted by atomic mass is 10.0. The molecular weight excluding hydrogens is 320 g/mol. The Morgan fingerprint density at radius 3 is 0.654 bits per heavy atom. The molecule has 0 unspecified atom stereocenters. The van der Waals surface area contributed by atoms with Gasteiger partial charge >= 0.3 is 0 Å². The van der Waals surface area contributed by atoms with Gasteiger partial charge in [0.15, 0.2) is 0 Å². The zero-order chi connectivity index (χ0) is 19.3. The van der Waals surface area contributed by atoms with Gasteiger partial charge in [0.2, 0.25) is 0 Å². The minimum absolute atomic E-state index is 0.339. The van der Waals surface area contributed by atoms with Gasteiger partial charge in [-0.3, -0.25) is 0 Å². The van der Waals surface area contributed by atoms with E-state index < -0.39 is 0 Å². The Kier molecular flexibility index (Phi) is 20.1. The van der Waals surface area contributed by atoms with Crippen LogP contribution < -0.4 is 0 Å². The smallest absolute Gasteiger partial charge is 0.129 e. The van der Waals surface area contributed by atoms with Gasteiger partial charge in [-0.05, 0) is 26.7 Å². The van der Waals surface area contributed by atoms with E-state index in [0.29, 0.717) is 11.6 Å². The first-order valence-electron chi connectivity index (χ1n) is 11.6. The molecule has 0 radical (unpaired) electrons. The van der Waals surface area contributed by atoms with Crippen LogP contribution >= 0.6 is 0 Å². The number of rotatable bonds is 21. The predicted molar refractivity (Wildman–Crippen MR) is 114 cm³/mol. The van der Waals surface area contributed by atoms with Crippen LogP contribution in [-0.4, -0.2) is 11.6 Å². The van der Waals surface area contributed by atoms with E-state index in [1.165, 1.54) is 103 Å². The third kappa shape index (κ3) is 23.3. The van der Waals surface area contributed by atoms with Gasteiger partial charge in [-0.25, -0.2) is 0 Å². The van der Waals surface area contributed by atoms with Crippen molar-refractivity contribution in [1.29, 1.82) is 0 Å². The SMILES string of the molecule is CC(=O)CCCCCCCCCCCCCCCCCCCCC(C)=O. The Balaban J connectivity index is 3.01. The van der Waals surface area contributed by atoms with Crippen LogP contribution in [0.2, 0.25) is 0 Å². The highest BCUT2D eigenvalue weighted by atomic mass is 16.1. The molecule has 0 aromatic heterocycles. The number of carbonyl (C=O) groups excluding carboxylic acids is 2. The molecule has 0 aromatic carbocycles. The molecule has 0 heterocycles. The summed E-state index contributed by atoms with van der Waals surface area (Å²) in [6.07, 6.45) is 25.6. The molecular formula is C24H46O2. The second kappa shape index (κ2) is 20.6. The molecule has 0 aliphatic carbocycles. The van der Waals surface area contributed by atoms with Crippen LogP contribution in [0.5, 0.6) is 0 Å². The van der Waals surface area contributed by atoms with Crippen LogP contribution in [-0.2, 0) is 9.59 Å². The summed E-state index contributed by atoms with van der Waals surface area (Å²) in [7, 11) is 0. The summed E-state index contributed by atoms with van der Waals surface area (Å²) in [6.45, 7) is 3.39. The topological polar surface area (TPSA) is 34.1 Å². The first-order chi connectivity index (χ1) is 12.6. The third-order valence-corrected chi connectivity index (χ3v) is 5.31. The molecule has 2 heteroatoms. The normalized spacial score (nSPS) is 11.0. The quantitative estimate of drug-likeness (QED) is 0.193. The Labute approximate surface area is 163 Å². The molecule has 0 amide bonds. The molecule has 26 heavy (non-hydrogen) atoms. The van der Waals surface area contributed by atoms with E-state index in [-0.39, 0.29) is 0 Å². The molecule has 0 rings (SSSR count). The third-order valence-electron chi connectivity index (χ3n) is 5.31. The summed E-state index contributed by atoms with van der Waals surface area (Å²) >= 11 is 0. The van der Waals surface area contributed by atoms with E-state index in [1.54, 1.807) is 13.8 Å². The maximum Gasteiger partial charge on any atom is 0.129 e. The van der Waals surface area contributed by atoms with Crippen molar-refractivity contribution in [2.75, 3.05) is 0 Å². The Morgan fingerprint density at radius 1 is 0.346 bits per heavy atom. The lowest BCUT2D eigenvalue weighted by Gasteiger charge is -2.04. The van der Waals surface area contributed by atoms with Crippen molar-refractivity contribution in [3.63, 3.8) is 0 Å². The van der Waals surface area contributed by atoms with Crippen molar-refractivity contribution in [3.8, 4) is 0 Å². The van der Waals surface area contributed by atoms with E-state index in [9.17, 15) is 9.59 Å². The average Bonchev–Trinajstić information content (AvgIpc) is 2.59. The molecule has 2 nitrogen and oxygen atoms in total. The van der Waals surface area contributed by atoms with E-state index in [4.69, 9.17) is 0 Å². The largest absolute Gasteiger partial charge is 0.300 e. The highest BCUT2D eigenvalue weighted by Gasteiger charge is 1.97. The minimum atomic E-state index is 0.339. The van der Waals surface area contributed by atoms with E-state index in [1.807, 2.05) is 0 Å². The van der Waals surface area contributed by atoms with Crippen molar-refractivity contribution in [2.45, 2.75) is 142 Å². The molecule has 0 aliphatic rings. The zero-order valence-electron chi connectivity index (χ0n) is 18.0. The lowest BCUT2D eigenvalue weighted by molar-refractivity contribution is -0.117. The summed E-state index contributed by atoms with van der Waals surface area (Å²) in [5.74, 6) is 0.678. The maximum atomic E-state index is 10.8. The fraction of sp³-hybridized carbons (Fsp3) is 0.917. The molecule has 0 saturated heterocycles. The monoisotopic (exact) mass is 366 g/mol. The van der Waals surface area contributed by atoms with E-state index in [0.717, 1.165) is 25.7 Å². The standard InChI is InChI=1S/C24H46O2/c1-23(25)21-19-17-15-13-11-9-7-5-3-4-6-8-10-12-14-16-18-20-22-24(2)26/h3-22H2,1-2H3. The molecule has 154 valence electrons. The molecule has 0 fully saturated rings. The number of carbonyl (C=O) groups is 2. The highest BCUT2D eigenvalue weighted by molar-refractivity contribution is 5.75. The summed E-state index contributed by atoms with van der Waals surface area (Å²) in [4.78, 5) is 21.7. The zero-order valence-corrected chi connectivity index (χ0v) is 18.0. The highest BCUT2D eigenvalue weighted by Crippen LogP contribution is 2.14. The first-order valence-corrected chi connectivity index (χ1v) is 11.6. The van der Waals surface area contributed by atoms with Crippen molar-refractivity contribution in [2.24, 2.45) is 0 Å². The van der Waals surface area contributed by atoms with Gasteiger partial charge in [0, 0.05) is 12.8 Å². The van der Waals surface area contributed by atoms with Crippen molar-refractivity contribution in [3.05, 3.63) is 0 Å². The molecule has 0 aromatic rings. The van der Waals surface area contributed by atoms with Gasteiger partial charge < -0.3 is 9.59 Å². The Hall–Kier alpha value is -0.660. The average molecular weight is 367 g/mol. The fourth-order valence-electron chi connectivity index (χ4n) is 3.58. The fourth-order valence-corrected chi connectivity index (χ4v) is 3.58. The second-order valence-corrected chi connectivity index (χ2v) is 8.27. The van der Waals surface area contributed by atoms with Gasteiger partial charge in [0.05, 0.1) is 0 Å². The van der Waals surface area contributed by atoms with Gasteiger partial charge in [-0.2, -0.15) is 0 Å². The summed E-state index contributed by atoms with van der Waals surface area (Å²) in [5, 5.41) is 0. The van der Waals surface area contributed by atoms with Gasteiger partial charge in [-0.1, -0.05) is 103 Å². The van der Waals surface area contributed by atoms with E-state index >= 15 is 0 Å². The second-order valence-electron chi connectivity index (χ2n) is 8.27. The molecule has 0 saturated carbocycles. The van der Waals surface area contributed by atoms with Crippen molar-refractivity contribution >= 4 is 11.6 Å². The van der Waals surface area contributed by atoms with Crippen molar-refractivity contribution < 1.29 is 9.59 Å². The van der Waals surface area contributed by atoms with Crippen LogP contribution in [0.4, 0.5) is 0 Å². The number of unbranched alkanes of at least 4 members (excludes halogenated alkanes) is 17. The van der Waals surface area contributed by atoms with Crippen molar-refractivity contribution in [1.82, 2.24) is 0 Å². The lowest BCUT2D eigenvalue weighted by Crippen LogP contribution is -1.89. The van der Waals surface area contributed by atoms with Crippen LogP contribution in [0.15, 0.2) is 0 Å². The number of ketones is 2. The number of hydrogen-bond donors (Lipinski definition) is 0. The number of hydrogen-bond acceptors (Lipinski definition) is 2. The number of Topliss-reactive ketones (excluding diaryl/α,β-unsaturated/α-hetero) is 2. The summed E-state index contributed by atoms with van der Waals surface area (Å²) < 4.78 is 0. The van der Waals surface area contributed by atoms with Gasteiger partial charge in [0.1, 0.15) is 11.6 Å². The summed E-state index contributed by atoms with van der Waals surface area (Å²) in [5.41, 5.74) is 0. The van der Waals surface area contributed by atoms with Gasteiger partial charge in [-0.15, -0.1) is 0 Å². The van der Waals surface area contributed by atoms with Gasteiger partial charge in [0.25, 0.3) is 0 Å². The molecule has 0 atom stereocenters. The first kappa shape index (κ1) is 25.3. The molecule has 0 aliphatic heterocycles. The molecule has 0 N–H and O–H groups in total. The van der Waals surface area contributed by atoms with Crippen LogP contribution in [0.1, 0.15) is 142 Å². The van der Waals surface area contributed by atoms with Crippen LogP contribution in [0.25, 0.3) is 0 Å².